The van der Waals surface area contributed by atoms with Crippen molar-refractivity contribution in [3.63, 3.8) is 0 Å². The van der Waals surface area contributed by atoms with Gasteiger partial charge in [0.1, 0.15) is 6.04 Å². The van der Waals surface area contributed by atoms with Gasteiger partial charge in [-0.3, -0.25) is 24.7 Å². The Hall–Kier alpha value is -3.27. The lowest BCUT2D eigenvalue weighted by Gasteiger charge is -2.24. The molecule has 1 aliphatic rings. The van der Waals surface area contributed by atoms with Crippen LogP contribution in [0.4, 0.5) is 5.69 Å². The highest BCUT2D eigenvalue weighted by Crippen LogP contribution is 2.23. The van der Waals surface area contributed by atoms with Gasteiger partial charge in [-0.05, 0) is 66.3 Å². The van der Waals surface area contributed by atoms with Crippen molar-refractivity contribution in [3.05, 3.63) is 99.5 Å². The highest BCUT2D eigenvalue weighted by atomic mass is 79.9. The van der Waals surface area contributed by atoms with Crippen LogP contribution in [0.5, 0.6) is 0 Å². The third-order valence-corrected chi connectivity index (χ3v) is 6.52. The Morgan fingerprint density at radius 1 is 0.971 bits per heavy atom. The van der Waals surface area contributed by atoms with Crippen molar-refractivity contribution in [1.82, 2.24) is 15.3 Å². The summed E-state index contributed by atoms with van der Waals surface area (Å²) >= 11 is 14.8. The smallest absolute Gasteiger partial charge is 0.269 e. The van der Waals surface area contributed by atoms with E-state index in [9.17, 15) is 14.4 Å². The molecule has 3 aromatic rings. The normalized spacial score (nSPS) is 15.3. The molecule has 1 aliphatic heterocycles. The third-order valence-electron chi connectivity index (χ3n) is 5.32. The molecule has 1 unspecified atom stereocenters. The van der Waals surface area contributed by atoms with Crippen LogP contribution in [-0.4, -0.2) is 38.8 Å². The number of benzene rings is 3. The summed E-state index contributed by atoms with van der Waals surface area (Å²) in [6, 6.07) is 21.7. The first kappa shape index (κ1) is 24.8. The highest BCUT2D eigenvalue weighted by molar-refractivity contribution is 9.10. The fraction of sp³-hybridized carbons (Fsp3) is 0.120. The molecule has 10 heteroatoms. The Balaban J connectivity index is 1.55. The van der Waals surface area contributed by atoms with Gasteiger partial charge in [0, 0.05) is 20.7 Å². The topological polar surface area (TPSA) is 81.8 Å². The number of hydrogen-bond acceptors (Lipinski definition) is 4. The Morgan fingerprint density at radius 3 is 2.29 bits per heavy atom. The second kappa shape index (κ2) is 11.0. The van der Waals surface area contributed by atoms with Gasteiger partial charge in [-0.2, -0.15) is 0 Å². The number of halogens is 2. The molecule has 0 aromatic heterocycles. The minimum absolute atomic E-state index is 0.119. The van der Waals surface area contributed by atoms with Crippen molar-refractivity contribution in [2.24, 2.45) is 0 Å². The lowest BCUT2D eigenvalue weighted by molar-refractivity contribution is -0.131. The van der Waals surface area contributed by atoms with Crippen LogP contribution in [0.15, 0.2) is 83.3 Å². The fourth-order valence-electron chi connectivity index (χ4n) is 3.56. The summed E-state index contributed by atoms with van der Waals surface area (Å²) in [7, 11) is 0. The zero-order valence-electron chi connectivity index (χ0n) is 18.3. The molecule has 1 atom stereocenters. The van der Waals surface area contributed by atoms with E-state index in [-0.39, 0.29) is 24.0 Å². The Kier molecular flexibility index (Phi) is 7.80. The SMILES string of the molecule is O=C(CC1C(=O)N(Cc2ccccc2)C(=S)N1NC(=O)c1ccc(Br)cc1)Nc1ccc(Cl)cc1. The molecule has 0 bridgehead atoms. The van der Waals surface area contributed by atoms with Gasteiger partial charge >= 0.3 is 0 Å². The number of thiocarbonyl (C=S) groups is 1. The first-order chi connectivity index (χ1) is 16.8. The van der Waals surface area contributed by atoms with E-state index in [4.69, 9.17) is 23.8 Å². The standard InChI is InChI=1S/C25H20BrClN4O3S/c26-18-8-6-17(7-9-18)23(33)29-31-21(14-22(32)28-20-12-10-19(27)11-13-20)24(34)30(25(31)35)15-16-4-2-1-3-5-16/h1-13,21H,14-15H2,(H,28,32)(H,29,33). The molecular formula is C25H20BrClN4O3S. The molecule has 1 heterocycles. The minimum atomic E-state index is -1.00. The van der Waals surface area contributed by atoms with Crippen molar-refractivity contribution < 1.29 is 14.4 Å². The first-order valence-corrected chi connectivity index (χ1v) is 12.2. The van der Waals surface area contributed by atoms with Gasteiger partial charge in [0.05, 0.1) is 13.0 Å². The molecule has 1 saturated heterocycles. The summed E-state index contributed by atoms with van der Waals surface area (Å²) in [6.07, 6.45) is -0.215. The minimum Gasteiger partial charge on any atom is -0.326 e. The summed E-state index contributed by atoms with van der Waals surface area (Å²) < 4.78 is 0.826. The Bertz CT molecular complexity index is 1260. The van der Waals surface area contributed by atoms with Gasteiger partial charge in [0.15, 0.2) is 5.11 Å². The molecule has 0 saturated carbocycles. The van der Waals surface area contributed by atoms with Gasteiger partial charge in [-0.25, -0.2) is 5.01 Å². The molecule has 7 nitrogen and oxygen atoms in total. The lowest BCUT2D eigenvalue weighted by Crippen LogP contribution is -2.49. The third kappa shape index (κ3) is 6.05. The van der Waals surface area contributed by atoms with Crippen molar-refractivity contribution >= 4 is 68.3 Å². The Morgan fingerprint density at radius 2 is 1.63 bits per heavy atom. The van der Waals surface area contributed by atoms with E-state index in [1.165, 1.54) is 9.91 Å². The number of nitrogens with one attached hydrogen (secondary N) is 2. The van der Waals surface area contributed by atoms with Gasteiger partial charge in [-0.15, -0.1) is 0 Å². The first-order valence-electron chi connectivity index (χ1n) is 10.6. The van der Waals surface area contributed by atoms with E-state index in [0.717, 1.165) is 10.0 Å². The van der Waals surface area contributed by atoms with Gasteiger partial charge in [0.25, 0.3) is 11.8 Å². The van der Waals surface area contributed by atoms with E-state index in [2.05, 4.69) is 26.7 Å². The summed E-state index contributed by atoms with van der Waals surface area (Å²) in [5.41, 5.74) is 4.51. The van der Waals surface area contributed by atoms with Crippen molar-refractivity contribution in [3.8, 4) is 0 Å². The zero-order chi connectivity index (χ0) is 24.9. The number of carbonyl (C=O) groups is 3. The van der Waals surface area contributed by atoms with Crippen LogP contribution in [-0.2, 0) is 16.1 Å². The van der Waals surface area contributed by atoms with Crippen LogP contribution < -0.4 is 10.7 Å². The number of hydrazine groups is 1. The van der Waals surface area contributed by atoms with Gasteiger partial charge < -0.3 is 5.32 Å². The van der Waals surface area contributed by atoms with E-state index in [1.807, 2.05) is 30.3 Å². The molecule has 0 spiro atoms. The molecule has 35 heavy (non-hydrogen) atoms. The number of hydrogen-bond donors (Lipinski definition) is 2. The van der Waals surface area contributed by atoms with E-state index >= 15 is 0 Å². The number of carbonyl (C=O) groups excluding carboxylic acids is 3. The number of rotatable bonds is 7. The summed E-state index contributed by atoms with van der Waals surface area (Å²) in [5.74, 6) is -1.23. The Labute approximate surface area is 221 Å². The van der Waals surface area contributed by atoms with E-state index in [1.54, 1.807) is 48.5 Å². The van der Waals surface area contributed by atoms with Crippen LogP contribution in [0.3, 0.4) is 0 Å². The number of amides is 3. The summed E-state index contributed by atoms with van der Waals surface area (Å²) in [5, 5.41) is 4.71. The molecule has 1 fully saturated rings. The zero-order valence-corrected chi connectivity index (χ0v) is 21.4. The maximum atomic E-state index is 13.4. The molecule has 3 aromatic carbocycles. The molecule has 2 N–H and O–H groups in total. The van der Waals surface area contributed by atoms with Crippen molar-refractivity contribution in [1.29, 1.82) is 0 Å². The number of anilines is 1. The quantitative estimate of drug-likeness (QED) is 0.399. The van der Waals surface area contributed by atoms with Crippen LogP contribution >= 0.6 is 39.7 Å². The maximum absolute atomic E-state index is 13.4. The van der Waals surface area contributed by atoms with Crippen LogP contribution in [0.2, 0.25) is 5.02 Å². The lowest BCUT2D eigenvalue weighted by atomic mass is 10.1. The second-order valence-electron chi connectivity index (χ2n) is 7.79. The van der Waals surface area contributed by atoms with E-state index in [0.29, 0.717) is 16.3 Å². The van der Waals surface area contributed by atoms with Crippen LogP contribution in [0, 0.1) is 0 Å². The predicted octanol–water partition coefficient (Wildman–Crippen LogP) is 4.77. The van der Waals surface area contributed by atoms with Crippen LogP contribution in [0.1, 0.15) is 22.3 Å². The molecular weight excluding hydrogens is 552 g/mol. The summed E-state index contributed by atoms with van der Waals surface area (Å²) in [6.45, 7) is 0.221. The summed E-state index contributed by atoms with van der Waals surface area (Å²) in [4.78, 5) is 40.5. The van der Waals surface area contributed by atoms with Crippen molar-refractivity contribution in [2.75, 3.05) is 5.32 Å². The van der Waals surface area contributed by atoms with Crippen LogP contribution in [0.25, 0.3) is 0 Å². The molecule has 178 valence electrons. The maximum Gasteiger partial charge on any atom is 0.269 e. The molecule has 0 radical (unpaired) electrons. The molecule has 0 aliphatic carbocycles. The fourth-order valence-corrected chi connectivity index (χ4v) is 4.28. The predicted molar refractivity (Wildman–Crippen MR) is 142 cm³/mol. The second-order valence-corrected chi connectivity index (χ2v) is 9.50. The molecule has 4 rings (SSSR count). The molecule has 3 amide bonds. The van der Waals surface area contributed by atoms with E-state index < -0.39 is 17.9 Å². The van der Waals surface area contributed by atoms with Crippen molar-refractivity contribution in [2.45, 2.75) is 19.0 Å². The average molecular weight is 572 g/mol. The average Bonchev–Trinajstić information content (AvgIpc) is 3.05. The monoisotopic (exact) mass is 570 g/mol. The largest absolute Gasteiger partial charge is 0.326 e. The highest BCUT2D eigenvalue weighted by Gasteiger charge is 2.44. The van der Waals surface area contributed by atoms with Gasteiger partial charge in [0.2, 0.25) is 5.91 Å². The van der Waals surface area contributed by atoms with Gasteiger partial charge in [-0.1, -0.05) is 57.9 Å². The number of nitrogens with zero attached hydrogens (tertiary/aromatic N) is 2.